The number of aliphatic hydroxyl groups excluding tert-OH is 1. The standard InChI is InChI=1S/C11H20O2/c1-9(13-2)11(12)10-7-5-3-4-6-8-10/h7,9,11-12H,3-6,8H2,1-2H3. The Labute approximate surface area is 80.6 Å². The third-order valence-electron chi connectivity index (χ3n) is 2.77. The minimum absolute atomic E-state index is 0.0793. The van der Waals surface area contributed by atoms with Gasteiger partial charge in [-0.05, 0) is 38.2 Å². The van der Waals surface area contributed by atoms with Crippen molar-refractivity contribution in [2.24, 2.45) is 0 Å². The summed E-state index contributed by atoms with van der Waals surface area (Å²) >= 11 is 0. The summed E-state index contributed by atoms with van der Waals surface area (Å²) in [4.78, 5) is 0. The van der Waals surface area contributed by atoms with E-state index in [1.165, 1.54) is 24.8 Å². The van der Waals surface area contributed by atoms with Gasteiger partial charge in [-0.2, -0.15) is 0 Å². The first-order valence-electron chi connectivity index (χ1n) is 5.15. The van der Waals surface area contributed by atoms with Gasteiger partial charge in [0.05, 0.1) is 6.10 Å². The van der Waals surface area contributed by atoms with Crippen LogP contribution < -0.4 is 0 Å². The molecular weight excluding hydrogens is 164 g/mol. The fraction of sp³-hybridized carbons (Fsp3) is 0.818. The first kappa shape index (κ1) is 10.7. The molecule has 1 aliphatic carbocycles. The summed E-state index contributed by atoms with van der Waals surface area (Å²) in [5, 5.41) is 9.87. The Hall–Kier alpha value is -0.340. The maximum absolute atomic E-state index is 9.87. The predicted molar refractivity (Wildman–Crippen MR) is 53.6 cm³/mol. The van der Waals surface area contributed by atoms with Gasteiger partial charge in [0.1, 0.15) is 6.10 Å². The molecule has 0 fully saturated rings. The number of methoxy groups -OCH3 is 1. The molecule has 0 heterocycles. The molecule has 0 aromatic rings. The van der Waals surface area contributed by atoms with Gasteiger partial charge in [-0.15, -0.1) is 0 Å². The van der Waals surface area contributed by atoms with Crippen LogP contribution in [0.2, 0.25) is 0 Å². The average molecular weight is 184 g/mol. The van der Waals surface area contributed by atoms with E-state index in [1.54, 1.807) is 7.11 Å². The average Bonchev–Trinajstić information content (AvgIpc) is 2.43. The van der Waals surface area contributed by atoms with Crippen LogP contribution in [0.5, 0.6) is 0 Å². The normalized spacial score (nSPS) is 23.2. The molecule has 2 unspecified atom stereocenters. The second-order valence-corrected chi connectivity index (χ2v) is 3.76. The molecule has 2 heteroatoms. The monoisotopic (exact) mass is 184 g/mol. The SMILES string of the molecule is COC(C)C(O)C1=CCCCCC1. The summed E-state index contributed by atoms with van der Waals surface area (Å²) in [7, 11) is 1.64. The summed E-state index contributed by atoms with van der Waals surface area (Å²) < 4.78 is 5.12. The maximum atomic E-state index is 9.87. The molecule has 0 saturated carbocycles. The van der Waals surface area contributed by atoms with Crippen LogP contribution >= 0.6 is 0 Å². The van der Waals surface area contributed by atoms with Crippen molar-refractivity contribution in [2.45, 2.75) is 51.2 Å². The Morgan fingerprint density at radius 3 is 2.85 bits per heavy atom. The van der Waals surface area contributed by atoms with Crippen LogP contribution in [0.3, 0.4) is 0 Å². The number of hydrogen-bond donors (Lipinski definition) is 1. The third kappa shape index (κ3) is 3.12. The lowest BCUT2D eigenvalue weighted by molar-refractivity contribution is 0.0172. The Balaban J connectivity index is 2.52. The largest absolute Gasteiger partial charge is 0.386 e. The zero-order valence-electron chi connectivity index (χ0n) is 8.62. The molecule has 0 amide bonds. The van der Waals surface area contributed by atoms with E-state index >= 15 is 0 Å². The van der Waals surface area contributed by atoms with Crippen molar-refractivity contribution in [1.82, 2.24) is 0 Å². The van der Waals surface area contributed by atoms with Crippen LogP contribution in [0.1, 0.15) is 39.0 Å². The van der Waals surface area contributed by atoms with E-state index in [4.69, 9.17) is 4.74 Å². The molecule has 13 heavy (non-hydrogen) atoms. The fourth-order valence-corrected chi connectivity index (χ4v) is 1.74. The Kier molecular flexibility index (Phi) is 4.46. The van der Waals surface area contributed by atoms with Gasteiger partial charge in [-0.3, -0.25) is 0 Å². The van der Waals surface area contributed by atoms with Crippen molar-refractivity contribution < 1.29 is 9.84 Å². The Morgan fingerprint density at radius 2 is 2.15 bits per heavy atom. The Bertz CT molecular complexity index is 175. The van der Waals surface area contributed by atoms with Gasteiger partial charge >= 0.3 is 0 Å². The number of rotatable bonds is 3. The number of ether oxygens (including phenoxy) is 1. The quantitative estimate of drug-likeness (QED) is 0.682. The molecule has 0 saturated heterocycles. The van der Waals surface area contributed by atoms with E-state index in [2.05, 4.69) is 6.08 Å². The molecule has 0 bridgehead atoms. The van der Waals surface area contributed by atoms with E-state index in [9.17, 15) is 5.11 Å². The van der Waals surface area contributed by atoms with Gasteiger partial charge in [0.15, 0.2) is 0 Å². The summed E-state index contributed by atoms with van der Waals surface area (Å²) in [6.45, 7) is 1.91. The second kappa shape index (κ2) is 5.40. The molecular formula is C11H20O2. The van der Waals surface area contributed by atoms with Crippen LogP contribution in [-0.4, -0.2) is 24.4 Å². The van der Waals surface area contributed by atoms with Gasteiger partial charge in [-0.1, -0.05) is 12.5 Å². The number of hydrogen-bond acceptors (Lipinski definition) is 2. The summed E-state index contributed by atoms with van der Waals surface area (Å²) in [5.74, 6) is 0. The lowest BCUT2D eigenvalue weighted by Gasteiger charge is -2.19. The highest BCUT2D eigenvalue weighted by atomic mass is 16.5. The number of aliphatic hydroxyl groups is 1. The highest BCUT2D eigenvalue weighted by molar-refractivity contribution is 5.10. The van der Waals surface area contributed by atoms with Crippen molar-refractivity contribution in [3.05, 3.63) is 11.6 Å². The van der Waals surface area contributed by atoms with Crippen LogP contribution in [-0.2, 0) is 4.74 Å². The van der Waals surface area contributed by atoms with Crippen molar-refractivity contribution in [3.8, 4) is 0 Å². The fourth-order valence-electron chi connectivity index (χ4n) is 1.74. The van der Waals surface area contributed by atoms with Crippen LogP contribution in [0.4, 0.5) is 0 Å². The first-order chi connectivity index (χ1) is 6.25. The van der Waals surface area contributed by atoms with Gasteiger partial charge in [0.2, 0.25) is 0 Å². The van der Waals surface area contributed by atoms with E-state index < -0.39 is 6.10 Å². The number of allylic oxidation sites excluding steroid dienone is 1. The van der Waals surface area contributed by atoms with Crippen LogP contribution in [0.25, 0.3) is 0 Å². The van der Waals surface area contributed by atoms with Crippen molar-refractivity contribution in [2.75, 3.05) is 7.11 Å². The van der Waals surface area contributed by atoms with E-state index in [1.807, 2.05) is 6.92 Å². The highest BCUT2D eigenvalue weighted by Gasteiger charge is 2.18. The molecule has 2 atom stereocenters. The molecule has 1 aliphatic rings. The van der Waals surface area contributed by atoms with E-state index in [0.29, 0.717) is 0 Å². The lowest BCUT2D eigenvalue weighted by atomic mass is 10.0. The molecule has 1 rings (SSSR count). The molecule has 2 nitrogen and oxygen atoms in total. The van der Waals surface area contributed by atoms with Gasteiger partial charge in [0.25, 0.3) is 0 Å². The highest BCUT2D eigenvalue weighted by Crippen LogP contribution is 2.21. The second-order valence-electron chi connectivity index (χ2n) is 3.76. The molecule has 76 valence electrons. The predicted octanol–water partition coefficient (Wildman–Crippen LogP) is 2.27. The van der Waals surface area contributed by atoms with Crippen molar-refractivity contribution in [1.29, 1.82) is 0 Å². The molecule has 0 radical (unpaired) electrons. The van der Waals surface area contributed by atoms with Gasteiger partial charge < -0.3 is 9.84 Å². The summed E-state index contributed by atoms with van der Waals surface area (Å²) in [6.07, 6.45) is 7.61. The minimum atomic E-state index is -0.400. The maximum Gasteiger partial charge on any atom is 0.101 e. The summed E-state index contributed by atoms with van der Waals surface area (Å²) in [5.41, 5.74) is 1.17. The zero-order valence-corrected chi connectivity index (χ0v) is 8.62. The van der Waals surface area contributed by atoms with Crippen LogP contribution in [0.15, 0.2) is 11.6 Å². The molecule has 0 aliphatic heterocycles. The van der Waals surface area contributed by atoms with Gasteiger partial charge in [-0.25, -0.2) is 0 Å². The molecule has 0 spiro atoms. The molecule has 1 N–H and O–H groups in total. The Morgan fingerprint density at radius 1 is 1.38 bits per heavy atom. The lowest BCUT2D eigenvalue weighted by Crippen LogP contribution is -2.26. The van der Waals surface area contributed by atoms with Crippen molar-refractivity contribution in [3.63, 3.8) is 0 Å². The van der Waals surface area contributed by atoms with E-state index in [0.717, 1.165) is 12.8 Å². The van der Waals surface area contributed by atoms with E-state index in [-0.39, 0.29) is 6.10 Å². The smallest absolute Gasteiger partial charge is 0.101 e. The minimum Gasteiger partial charge on any atom is -0.386 e. The van der Waals surface area contributed by atoms with Gasteiger partial charge in [0, 0.05) is 7.11 Å². The van der Waals surface area contributed by atoms with Crippen LogP contribution in [0, 0.1) is 0 Å². The third-order valence-corrected chi connectivity index (χ3v) is 2.77. The first-order valence-corrected chi connectivity index (χ1v) is 5.15. The molecule has 0 aromatic heterocycles. The van der Waals surface area contributed by atoms with Crippen molar-refractivity contribution >= 4 is 0 Å². The summed E-state index contributed by atoms with van der Waals surface area (Å²) in [6, 6.07) is 0. The zero-order chi connectivity index (χ0) is 9.68. The molecule has 0 aromatic carbocycles. The topological polar surface area (TPSA) is 29.5 Å².